The van der Waals surface area contributed by atoms with E-state index in [0.29, 0.717) is 11.3 Å². The lowest BCUT2D eigenvalue weighted by Gasteiger charge is -2.16. The fraction of sp³-hybridized carbons (Fsp3) is 0.222. The molecular weight excluding hydrogens is 262 g/mol. The van der Waals surface area contributed by atoms with Gasteiger partial charge in [0.05, 0.1) is 0 Å². The third-order valence-electron chi connectivity index (χ3n) is 3.57. The van der Waals surface area contributed by atoms with Crippen LogP contribution >= 0.6 is 0 Å². The second-order valence-electron chi connectivity index (χ2n) is 5.24. The second-order valence-corrected chi connectivity index (χ2v) is 5.24. The fourth-order valence-corrected chi connectivity index (χ4v) is 2.16. The lowest BCUT2D eigenvalue weighted by molar-refractivity contribution is -0.118. The maximum atomic E-state index is 12.2. The molecule has 0 spiro atoms. The Labute approximate surface area is 125 Å². The Bertz CT molecular complexity index is 662. The number of carbonyl (C=O) groups excluding carboxylic acids is 2. The predicted octanol–water partition coefficient (Wildman–Crippen LogP) is 3.94. The molecule has 108 valence electrons. The van der Waals surface area contributed by atoms with Crippen LogP contribution in [0.1, 0.15) is 41.3 Å². The summed E-state index contributed by atoms with van der Waals surface area (Å²) in [4.78, 5) is 23.9. The zero-order valence-electron chi connectivity index (χ0n) is 12.5. The molecule has 0 fully saturated rings. The Hall–Kier alpha value is -2.42. The van der Waals surface area contributed by atoms with Gasteiger partial charge in [-0.25, -0.2) is 0 Å². The standard InChI is InChI=1S/C18H19NO2/c1-12-9-10-17(16(11-12)13(2)14(3)20)19-18(21)15-7-5-4-6-8-15/h4-11,13H,1-3H3,(H,19,21). The summed E-state index contributed by atoms with van der Waals surface area (Å²) in [7, 11) is 0. The number of Topliss-reactive ketones (excluding diaryl/α,β-unsaturated/α-hetero) is 1. The van der Waals surface area contributed by atoms with Gasteiger partial charge in [0.25, 0.3) is 5.91 Å². The number of carbonyl (C=O) groups is 2. The molecule has 0 bridgehead atoms. The van der Waals surface area contributed by atoms with Gasteiger partial charge < -0.3 is 5.32 Å². The number of ketones is 1. The molecule has 0 aliphatic heterocycles. The van der Waals surface area contributed by atoms with E-state index in [2.05, 4.69) is 5.32 Å². The van der Waals surface area contributed by atoms with Crippen LogP contribution in [-0.4, -0.2) is 11.7 Å². The van der Waals surface area contributed by atoms with E-state index in [9.17, 15) is 9.59 Å². The molecule has 21 heavy (non-hydrogen) atoms. The van der Waals surface area contributed by atoms with Gasteiger partial charge in [-0.3, -0.25) is 9.59 Å². The van der Waals surface area contributed by atoms with Crippen molar-refractivity contribution in [3.8, 4) is 0 Å². The van der Waals surface area contributed by atoms with E-state index in [1.807, 2.05) is 50.2 Å². The number of aryl methyl sites for hydroxylation is 1. The number of rotatable bonds is 4. The van der Waals surface area contributed by atoms with Crippen LogP contribution < -0.4 is 5.32 Å². The monoisotopic (exact) mass is 281 g/mol. The van der Waals surface area contributed by atoms with Gasteiger partial charge in [-0.15, -0.1) is 0 Å². The van der Waals surface area contributed by atoms with Gasteiger partial charge in [0.15, 0.2) is 0 Å². The SMILES string of the molecule is CC(=O)C(C)c1cc(C)ccc1NC(=O)c1ccccc1. The van der Waals surface area contributed by atoms with Crippen molar-refractivity contribution >= 4 is 17.4 Å². The van der Waals surface area contributed by atoms with Crippen molar-refractivity contribution in [1.29, 1.82) is 0 Å². The Morgan fingerprint density at radius 3 is 2.33 bits per heavy atom. The molecule has 3 heteroatoms. The van der Waals surface area contributed by atoms with Crippen molar-refractivity contribution in [1.82, 2.24) is 0 Å². The molecule has 1 N–H and O–H groups in total. The van der Waals surface area contributed by atoms with Crippen molar-refractivity contribution in [2.45, 2.75) is 26.7 Å². The summed E-state index contributed by atoms with van der Waals surface area (Å²) in [5.41, 5.74) is 3.21. The summed E-state index contributed by atoms with van der Waals surface area (Å²) in [5.74, 6) is -0.330. The molecule has 2 rings (SSSR count). The zero-order valence-corrected chi connectivity index (χ0v) is 12.5. The van der Waals surface area contributed by atoms with Gasteiger partial charge in [-0.05, 0) is 37.6 Å². The topological polar surface area (TPSA) is 46.2 Å². The van der Waals surface area contributed by atoms with E-state index < -0.39 is 0 Å². The summed E-state index contributed by atoms with van der Waals surface area (Å²) in [6.07, 6.45) is 0. The summed E-state index contributed by atoms with van der Waals surface area (Å²) in [5, 5.41) is 2.90. The molecule has 2 aromatic rings. The number of anilines is 1. The van der Waals surface area contributed by atoms with E-state index in [1.165, 1.54) is 0 Å². The summed E-state index contributed by atoms with van der Waals surface area (Å²) in [6, 6.07) is 14.8. The minimum absolute atomic E-state index is 0.0795. The summed E-state index contributed by atoms with van der Waals surface area (Å²) in [6.45, 7) is 5.39. The van der Waals surface area contributed by atoms with Crippen LogP contribution in [0.25, 0.3) is 0 Å². The lowest BCUT2D eigenvalue weighted by atomic mass is 9.94. The van der Waals surface area contributed by atoms with Crippen molar-refractivity contribution in [2.75, 3.05) is 5.32 Å². The average molecular weight is 281 g/mol. The third-order valence-corrected chi connectivity index (χ3v) is 3.57. The van der Waals surface area contributed by atoms with Crippen molar-refractivity contribution in [2.24, 2.45) is 0 Å². The predicted molar refractivity (Wildman–Crippen MR) is 84.7 cm³/mol. The quantitative estimate of drug-likeness (QED) is 0.922. The van der Waals surface area contributed by atoms with Crippen molar-refractivity contribution in [3.05, 3.63) is 65.2 Å². The normalized spacial score (nSPS) is 11.8. The first kappa shape index (κ1) is 15.0. The zero-order chi connectivity index (χ0) is 15.4. The molecule has 0 heterocycles. The van der Waals surface area contributed by atoms with Crippen LogP contribution in [0.3, 0.4) is 0 Å². The van der Waals surface area contributed by atoms with E-state index >= 15 is 0 Å². The molecule has 1 amide bonds. The fourth-order valence-electron chi connectivity index (χ4n) is 2.16. The molecule has 0 aliphatic rings. The summed E-state index contributed by atoms with van der Waals surface area (Å²) < 4.78 is 0. The third kappa shape index (κ3) is 3.57. The highest BCUT2D eigenvalue weighted by atomic mass is 16.1. The highest BCUT2D eigenvalue weighted by molar-refractivity contribution is 6.05. The van der Waals surface area contributed by atoms with Crippen molar-refractivity contribution in [3.63, 3.8) is 0 Å². The molecule has 1 atom stereocenters. The van der Waals surface area contributed by atoms with Crippen LogP contribution in [0.15, 0.2) is 48.5 Å². The van der Waals surface area contributed by atoms with Crippen LogP contribution in [0.4, 0.5) is 5.69 Å². The number of nitrogens with one attached hydrogen (secondary N) is 1. The minimum Gasteiger partial charge on any atom is -0.322 e. The number of benzene rings is 2. The Kier molecular flexibility index (Phi) is 4.53. The van der Waals surface area contributed by atoms with E-state index in [4.69, 9.17) is 0 Å². The first-order valence-electron chi connectivity index (χ1n) is 6.96. The number of amides is 1. The Morgan fingerprint density at radius 2 is 1.71 bits per heavy atom. The summed E-state index contributed by atoms with van der Waals surface area (Å²) >= 11 is 0. The van der Waals surface area contributed by atoms with Crippen LogP contribution in [0.5, 0.6) is 0 Å². The van der Waals surface area contributed by atoms with Gasteiger partial charge in [0, 0.05) is 17.2 Å². The van der Waals surface area contributed by atoms with Gasteiger partial charge in [-0.2, -0.15) is 0 Å². The van der Waals surface area contributed by atoms with Crippen LogP contribution in [-0.2, 0) is 4.79 Å². The smallest absolute Gasteiger partial charge is 0.255 e. The number of hydrogen-bond donors (Lipinski definition) is 1. The Morgan fingerprint density at radius 1 is 1.05 bits per heavy atom. The van der Waals surface area contributed by atoms with E-state index in [1.54, 1.807) is 19.1 Å². The maximum absolute atomic E-state index is 12.2. The molecule has 0 saturated carbocycles. The molecule has 3 nitrogen and oxygen atoms in total. The van der Waals surface area contributed by atoms with E-state index in [0.717, 1.165) is 11.1 Å². The molecule has 2 aromatic carbocycles. The molecule has 0 saturated heterocycles. The largest absolute Gasteiger partial charge is 0.322 e. The van der Waals surface area contributed by atoms with Crippen LogP contribution in [0.2, 0.25) is 0 Å². The first-order valence-corrected chi connectivity index (χ1v) is 6.96. The molecule has 0 radical (unpaired) electrons. The highest BCUT2D eigenvalue weighted by Crippen LogP contribution is 2.27. The molecule has 0 aromatic heterocycles. The van der Waals surface area contributed by atoms with E-state index in [-0.39, 0.29) is 17.6 Å². The first-order chi connectivity index (χ1) is 9.99. The molecule has 0 aliphatic carbocycles. The highest BCUT2D eigenvalue weighted by Gasteiger charge is 2.17. The molecule has 1 unspecified atom stereocenters. The van der Waals surface area contributed by atoms with Gasteiger partial charge in [0.2, 0.25) is 0 Å². The minimum atomic E-state index is -0.240. The van der Waals surface area contributed by atoms with Gasteiger partial charge >= 0.3 is 0 Å². The number of hydrogen-bond acceptors (Lipinski definition) is 2. The maximum Gasteiger partial charge on any atom is 0.255 e. The van der Waals surface area contributed by atoms with Gasteiger partial charge in [-0.1, -0.05) is 42.8 Å². The average Bonchev–Trinajstić information content (AvgIpc) is 2.49. The van der Waals surface area contributed by atoms with Crippen molar-refractivity contribution < 1.29 is 9.59 Å². The van der Waals surface area contributed by atoms with Crippen LogP contribution in [0, 0.1) is 6.92 Å². The lowest BCUT2D eigenvalue weighted by Crippen LogP contribution is -2.15. The van der Waals surface area contributed by atoms with Gasteiger partial charge in [0.1, 0.15) is 5.78 Å². The Balaban J connectivity index is 2.32. The second kappa shape index (κ2) is 6.35. The molecular formula is C18H19NO2.